The molecule has 3 N–H and O–H groups in total. The van der Waals surface area contributed by atoms with E-state index in [0.29, 0.717) is 12.5 Å². The van der Waals surface area contributed by atoms with Gasteiger partial charge in [-0.1, -0.05) is 50.3 Å². The molecule has 4 heteroatoms. The quantitative estimate of drug-likeness (QED) is 0.787. The van der Waals surface area contributed by atoms with Gasteiger partial charge in [-0.3, -0.25) is 4.79 Å². The Kier molecular flexibility index (Phi) is 5.10. The molecule has 0 fully saturated rings. The molecule has 0 saturated heterocycles. The predicted octanol–water partition coefficient (Wildman–Crippen LogP) is 2.10. The predicted molar refractivity (Wildman–Crippen MR) is 73.8 cm³/mol. The summed E-state index contributed by atoms with van der Waals surface area (Å²) in [6, 6.07) is 8.21. The van der Waals surface area contributed by atoms with E-state index in [9.17, 15) is 4.79 Å². The van der Waals surface area contributed by atoms with Gasteiger partial charge in [0.05, 0.1) is 11.4 Å². The lowest BCUT2D eigenvalue weighted by Gasteiger charge is -2.08. The minimum absolute atomic E-state index is 0.111. The minimum atomic E-state index is -0.134. The van der Waals surface area contributed by atoms with Crippen molar-refractivity contribution in [2.75, 3.05) is 0 Å². The zero-order valence-corrected chi connectivity index (χ0v) is 11.0. The van der Waals surface area contributed by atoms with Crippen LogP contribution in [0.4, 0.5) is 0 Å². The van der Waals surface area contributed by atoms with Gasteiger partial charge < -0.3 is 11.1 Å². The molecule has 0 unspecified atom stereocenters. The standard InChI is InChI=1S/C13H18N2OS/c1-9(2)11-5-3-10(4-6-11)8-15-13(16)7-12(14)17/h3-6,9H,7-8H2,1-2H3,(H2,14,17)(H,15,16). The fourth-order valence-electron chi connectivity index (χ4n) is 1.44. The Morgan fingerprint density at radius 3 is 2.41 bits per heavy atom. The Morgan fingerprint density at radius 1 is 1.35 bits per heavy atom. The van der Waals surface area contributed by atoms with Gasteiger partial charge in [0, 0.05) is 6.54 Å². The lowest BCUT2D eigenvalue weighted by Crippen LogP contribution is -2.27. The molecule has 0 bridgehead atoms. The van der Waals surface area contributed by atoms with E-state index in [4.69, 9.17) is 5.73 Å². The summed E-state index contributed by atoms with van der Waals surface area (Å²) in [4.78, 5) is 11.5. The van der Waals surface area contributed by atoms with Gasteiger partial charge in [0.25, 0.3) is 0 Å². The molecular formula is C13H18N2OS. The van der Waals surface area contributed by atoms with Crippen LogP contribution in [0.2, 0.25) is 0 Å². The van der Waals surface area contributed by atoms with Crippen LogP contribution in [0.5, 0.6) is 0 Å². The second-order valence-corrected chi connectivity index (χ2v) is 4.84. The van der Waals surface area contributed by atoms with Crippen molar-refractivity contribution in [1.82, 2.24) is 5.32 Å². The Bertz CT molecular complexity index is 398. The van der Waals surface area contributed by atoms with Crippen LogP contribution in [-0.4, -0.2) is 10.9 Å². The maximum Gasteiger partial charge on any atom is 0.227 e. The van der Waals surface area contributed by atoms with Gasteiger partial charge >= 0.3 is 0 Å². The van der Waals surface area contributed by atoms with E-state index in [1.165, 1.54) is 5.56 Å². The number of nitrogens with two attached hydrogens (primary N) is 1. The Hall–Kier alpha value is -1.42. The number of carbonyl (C=O) groups is 1. The number of hydrogen-bond acceptors (Lipinski definition) is 2. The van der Waals surface area contributed by atoms with E-state index >= 15 is 0 Å². The molecule has 17 heavy (non-hydrogen) atoms. The minimum Gasteiger partial charge on any atom is -0.393 e. The van der Waals surface area contributed by atoms with Gasteiger partial charge in [-0.05, 0) is 17.0 Å². The van der Waals surface area contributed by atoms with E-state index in [2.05, 4.69) is 43.5 Å². The van der Waals surface area contributed by atoms with Crippen molar-refractivity contribution in [1.29, 1.82) is 0 Å². The number of hydrogen-bond donors (Lipinski definition) is 2. The molecule has 0 radical (unpaired) electrons. The summed E-state index contributed by atoms with van der Waals surface area (Å²) < 4.78 is 0. The summed E-state index contributed by atoms with van der Waals surface area (Å²) in [6.45, 7) is 4.82. The molecule has 1 rings (SSSR count). The summed E-state index contributed by atoms with van der Waals surface area (Å²) in [5, 5.41) is 2.77. The van der Waals surface area contributed by atoms with Crippen LogP contribution < -0.4 is 11.1 Å². The third-order valence-corrected chi connectivity index (χ3v) is 2.62. The molecule has 1 amide bonds. The fourth-order valence-corrected chi connectivity index (χ4v) is 1.57. The zero-order valence-electron chi connectivity index (χ0n) is 10.2. The average molecular weight is 250 g/mol. The second kappa shape index (κ2) is 6.35. The maximum absolute atomic E-state index is 11.3. The van der Waals surface area contributed by atoms with Gasteiger partial charge in [0.2, 0.25) is 5.91 Å². The highest BCUT2D eigenvalue weighted by Gasteiger charge is 2.03. The Labute approximate surface area is 107 Å². The van der Waals surface area contributed by atoms with E-state index in [1.54, 1.807) is 0 Å². The van der Waals surface area contributed by atoms with Crippen LogP contribution in [0.25, 0.3) is 0 Å². The molecule has 0 heterocycles. The van der Waals surface area contributed by atoms with Gasteiger partial charge in [0.1, 0.15) is 0 Å². The van der Waals surface area contributed by atoms with Gasteiger partial charge in [-0.15, -0.1) is 0 Å². The van der Waals surface area contributed by atoms with Crippen molar-refractivity contribution in [3.05, 3.63) is 35.4 Å². The van der Waals surface area contributed by atoms with Crippen molar-refractivity contribution in [3.63, 3.8) is 0 Å². The molecule has 0 aliphatic heterocycles. The lowest BCUT2D eigenvalue weighted by atomic mass is 10.0. The van der Waals surface area contributed by atoms with Crippen LogP contribution in [0.3, 0.4) is 0 Å². The highest BCUT2D eigenvalue weighted by molar-refractivity contribution is 7.80. The van der Waals surface area contributed by atoms with Crippen molar-refractivity contribution >= 4 is 23.1 Å². The Morgan fingerprint density at radius 2 is 1.94 bits per heavy atom. The first-order valence-corrected chi connectivity index (χ1v) is 6.03. The first kappa shape index (κ1) is 13.6. The molecule has 0 saturated carbocycles. The molecule has 92 valence electrons. The number of benzene rings is 1. The molecule has 1 aromatic carbocycles. The molecule has 1 aromatic rings. The summed E-state index contributed by atoms with van der Waals surface area (Å²) in [5.41, 5.74) is 7.66. The smallest absolute Gasteiger partial charge is 0.227 e. The summed E-state index contributed by atoms with van der Waals surface area (Å²) in [6.07, 6.45) is 0.111. The SMILES string of the molecule is CC(C)c1ccc(CNC(=O)CC(N)=S)cc1. The zero-order chi connectivity index (χ0) is 12.8. The van der Waals surface area contributed by atoms with E-state index in [1.807, 2.05) is 12.1 Å². The lowest BCUT2D eigenvalue weighted by molar-refractivity contribution is -0.120. The molecule has 0 aliphatic rings. The van der Waals surface area contributed by atoms with Crippen molar-refractivity contribution < 1.29 is 4.79 Å². The number of carbonyl (C=O) groups excluding carboxylic acids is 1. The third-order valence-electron chi connectivity index (χ3n) is 2.47. The van der Waals surface area contributed by atoms with Gasteiger partial charge in [-0.2, -0.15) is 0 Å². The molecule has 0 aliphatic carbocycles. The van der Waals surface area contributed by atoms with Crippen molar-refractivity contribution in [3.8, 4) is 0 Å². The topological polar surface area (TPSA) is 55.1 Å². The molecule has 3 nitrogen and oxygen atoms in total. The highest BCUT2D eigenvalue weighted by Crippen LogP contribution is 2.14. The van der Waals surface area contributed by atoms with Crippen LogP contribution in [0, 0.1) is 0 Å². The maximum atomic E-state index is 11.3. The third kappa shape index (κ3) is 4.95. The van der Waals surface area contributed by atoms with E-state index in [-0.39, 0.29) is 17.3 Å². The number of rotatable bonds is 5. The molecular weight excluding hydrogens is 232 g/mol. The van der Waals surface area contributed by atoms with Crippen molar-refractivity contribution in [2.24, 2.45) is 5.73 Å². The number of thiocarbonyl (C=S) groups is 1. The summed E-state index contributed by atoms with van der Waals surface area (Å²) >= 11 is 4.67. The van der Waals surface area contributed by atoms with Gasteiger partial charge in [-0.25, -0.2) is 0 Å². The number of nitrogens with one attached hydrogen (secondary N) is 1. The second-order valence-electron chi connectivity index (χ2n) is 4.32. The molecule has 0 spiro atoms. The monoisotopic (exact) mass is 250 g/mol. The molecule has 0 atom stereocenters. The fraction of sp³-hybridized carbons (Fsp3) is 0.385. The van der Waals surface area contributed by atoms with E-state index in [0.717, 1.165) is 5.56 Å². The molecule has 0 aromatic heterocycles. The largest absolute Gasteiger partial charge is 0.393 e. The van der Waals surface area contributed by atoms with Crippen LogP contribution >= 0.6 is 12.2 Å². The first-order chi connectivity index (χ1) is 7.99. The average Bonchev–Trinajstić information content (AvgIpc) is 2.26. The summed E-state index contributed by atoms with van der Waals surface area (Å²) in [7, 11) is 0. The van der Waals surface area contributed by atoms with E-state index < -0.39 is 0 Å². The van der Waals surface area contributed by atoms with Crippen LogP contribution in [-0.2, 0) is 11.3 Å². The van der Waals surface area contributed by atoms with Crippen molar-refractivity contribution in [2.45, 2.75) is 32.7 Å². The normalized spacial score (nSPS) is 10.3. The van der Waals surface area contributed by atoms with Gasteiger partial charge in [0.15, 0.2) is 0 Å². The van der Waals surface area contributed by atoms with Crippen LogP contribution in [0.1, 0.15) is 37.3 Å². The summed E-state index contributed by atoms with van der Waals surface area (Å²) in [5.74, 6) is 0.388. The Balaban J connectivity index is 2.47. The highest BCUT2D eigenvalue weighted by atomic mass is 32.1. The number of amides is 1. The first-order valence-electron chi connectivity index (χ1n) is 5.63. The van der Waals surface area contributed by atoms with Crippen LogP contribution in [0.15, 0.2) is 24.3 Å².